The molecule has 1 aromatic rings. The molecule has 16 heavy (non-hydrogen) atoms. The molecule has 0 spiro atoms. The van der Waals surface area contributed by atoms with E-state index in [2.05, 4.69) is 0 Å². The van der Waals surface area contributed by atoms with E-state index in [0.29, 0.717) is 5.69 Å². The number of rotatable bonds is 3. The van der Waals surface area contributed by atoms with Gasteiger partial charge in [-0.15, -0.1) is 0 Å². The van der Waals surface area contributed by atoms with E-state index < -0.39 is 5.85 Å². The minimum atomic E-state index is -3.31. The fraction of sp³-hybridized carbons (Fsp3) is 0.100. The average Bonchev–Trinajstić information content (AvgIpc) is 2.17. The minimum Gasteiger partial charge on any atom is -0.288 e. The standard InChI is InChI=1S/C10H10Cl2NO2P/c1-9(14)13(7-8-16(11,12)15)10-5-3-2-4-6-10/h2-8H,1H3/b8-7+. The highest BCUT2D eigenvalue weighted by Gasteiger charge is 2.12. The van der Waals surface area contributed by atoms with Gasteiger partial charge >= 0.3 is 0 Å². The van der Waals surface area contributed by atoms with Gasteiger partial charge in [0.15, 0.2) is 0 Å². The molecule has 0 saturated carbocycles. The molecule has 1 amide bonds. The lowest BCUT2D eigenvalue weighted by Gasteiger charge is -2.16. The van der Waals surface area contributed by atoms with Crippen LogP contribution in [0.1, 0.15) is 6.92 Å². The van der Waals surface area contributed by atoms with E-state index in [4.69, 9.17) is 22.5 Å². The number of anilines is 1. The molecule has 0 aliphatic rings. The number of carbonyl (C=O) groups excluding carboxylic acids is 1. The predicted molar refractivity (Wildman–Crippen MR) is 68.1 cm³/mol. The van der Waals surface area contributed by atoms with E-state index in [1.165, 1.54) is 18.0 Å². The molecule has 0 atom stereocenters. The number of para-hydroxylation sites is 1. The molecule has 0 N–H and O–H groups in total. The van der Waals surface area contributed by atoms with Crippen molar-refractivity contribution in [3.63, 3.8) is 0 Å². The van der Waals surface area contributed by atoms with Crippen LogP contribution in [0.3, 0.4) is 0 Å². The maximum Gasteiger partial charge on any atom is 0.276 e. The second-order valence-electron chi connectivity index (χ2n) is 3.03. The Hall–Kier alpha value is -0.760. The van der Waals surface area contributed by atoms with Crippen LogP contribution in [-0.4, -0.2) is 5.91 Å². The smallest absolute Gasteiger partial charge is 0.276 e. The van der Waals surface area contributed by atoms with Gasteiger partial charge in [-0.25, -0.2) is 0 Å². The van der Waals surface area contributed by atoms with E-state index in [1.807, 2.05) is 6.07 Å². The van der Waals surface area contributed by atoms with Crippen LogP contribution in [0.25, 0.3) is 0 Å². The summed E-state index contributed by atoms with van der Waals surface area (Å²) in [6.07, 6.45) is 1.32. The normalized spacial score (nSPS) is 11.7. The second-order valence-corrected chi connectivity index (χ2v) is 7.86. The summed E-state index contributed by atoms with van der Waals surface area (Å²) < 4.78 is 11.1. The number of nitrogens with zero attached hydrogens (tertiary/aromatic N) is 1. The van der Waals surface area contributed by atoms with Gasteiger partial charge in [-0.1, -0.05) is 18.2 Å². The van der Waals surface area contributed by atoms with Crippen LogP contribution < -0.4 is 4.90 Å². The van der Waals surface area contributed by atoms with E-state index in [1.54, 1.807) is 24.3 Å². The van der Waals surface area contributed by atoms with Gasteiger partial charge in [-0.05, 0) is 34.6 Å². The Balaban J connectivity index is 2.99. The van der Waals surface area contributed by atoms with Crippen LogP contribution in [0.5, 0.6) is 0 Å². The molecule has 0 heterocycles. The third-order valence-corrected chi connectivity index (χ3v) is 2.92. The molecule has 0 bridgehead atoms. The van der Waals surface area contributed by atoms with Crippen molar-refractivity contribution in [1.82, 2.24) is 0 Å². The molecule has 6 heteroatoms. The molecule has 0 radical (unpaired) electrons. The van der Waals surface area contributed by atoms with E-state index >= 15 is 0 Å². The van der Waals surface area contributed by atoms with Crippen LogP contribution in [0, 0.1) is 0 Å². The number of carbonyl (C=O) groups is 1. The Morgan fingerprint density at radius 1 is 1.31 bits per heavy atom. The Morgan fingerprint density at radius 2 is 1.88 bits per heavy atom. The lowest BCUT2D eigenvalue weighted by molar-refractivity contribution is -0.115. The first-order chi connectivity index (χ1) is 7.40. The van der Waals surface area contributed by atoms with Gasteiger partial charge < -0.3 is 0 Å². The summed E-state index contributed by atoms with van der Waals surface area (Å²) in [4.78, 5) is 12.7. The molecule has 0 fully saturated rings. The maximum absolute atomic E-state index is 11.4. The van der Waals surface area contributed by atoms with Crippen LogP contribution >= 0.6 is 28.3 Å². The summed E-state index contributed by atoms with van der Waals surface area (Å²) in [7, 11) is 0. The van der Waals surface area contributed by atoms with Crippen molar-refractivity contribution >= 4 is 39.9 Å². The van der Waals surface area contributed by atoms with E-state index in [9.17, 15) is 9.36 Å². The third kappa shape index (κ3) is 4.40. The highest BCUT2D eigenvalue weighted by Crippen LogP contribution is 2.58. The van der Waals surface area contributed by atoms with Gasteiger partial charge in [-0.3, -0.25) is 14.3 Å². The zero-order valence-electron chi connectivity index (χ0n) is 8.51. The summed E-state index contributed by atoms with van der Waals surface area (Å²) in [6, 6.07) is 8.91. The van der Waals surface area contributed by atoms with Crippen molar-refractivity contribution in [2.24, 2.45) is 0 Å². The first-order valence-electron chi connectivity index (χ1n) is 4.43. The van der Waals surface area contributed by atoms with Crippen molar-refractivity contribution < 1.29 is 9.36 Å². The minimum absolute atomic E-state index is 0.218. The molecule has 1 aromatic carbocycles. The summed E-state index contributed by atoms with van der Waals surface area (Å²) in [5.41, 5.74) is 0.660. The van der Waals surface area contributed by atoms with Gasteiger partial charge in [0.05, 0.1) is 0 Å². The van der Waals surface area contributed by atoms with Gasteiger partial charge in [0.2, 0.25) is 5.91 Å². The van der Waals surface area contributed by atoms with Crippen LogP contribution in [-0.2, 0) is 9.36 Å². The molecule has 0 aliphatic carbocycles. The topological polar surface area (TPSA) is 37.4 Å². The number of amides is 1. The van der Waals surface area contributed by atoms with Crippen molar-refractivity contribution in [2.75, 3.05) is 4.90 Å². The second kappa shape index (κ2) is 5.53. The molecular weight excluding hydrogens is 268 g/mol. The zero-order valence-corrected chi connectivity index (χ0v) is 10.9. The average molecular weight is 278 g/mol. The zero-order chi connectivity index (χ0) is 12.2. The quantitative estimate of drug-likeness (QED) is 0.778. The number of hydrogen-bond donors (Lipinski definition) is 0. The van der Waals surface area contributed by atoms with Crippen molar-refractivity contribution in [3.8, 4) is 0 Å². The van der Waals surface area contributed by atoms with Crippen LogP contribution in [0.15, 0.2) is 42.3 Å². The molecule has 86 valence electrons. The van der Waals surface area contributed by atoms with Gasteiger partial charge in [0.1, 0.15) is 0 Å². The number of benzene rings is 1. The van der Waals surface area contributed by atoms with Crippen molar-refractivity contribution in [2.45, 2.75) is 6.92 Å². The molecule has 0 aromatic heterocycles. The Kier molecular flexibility index (Phi) is 4.60. The lowest BCUT2D eigenvalue weighted by Crippen LogP contribution is -2.21. The Morgan fingerprint density at radius 3 is 2.31 bits per heavy atom. The van der Waals surface area contributed by atoms with E-state index in [0.717, 1.165) is 5.82 Å². The SMILES string of the molecule is CC(=O)N(/C=C/P(=O)(Cl)Cl)c1ccccc1. The first-order valence-corrected chi connectivity index (χ1v) is 8.02. The highest BCUT2D eigenvalue weighted by molar-refractivity contribution is 8.10. The molecule has 1 rings (SSSR count). The first kappa shape index (κ1) is 13.3. The molecular formula is C10H10Cl2NO2P. The predicted octanol–water partition coefficient (Wildman–Crippen LogP) is 4.18. The van der Waals surface area contributed by atoms with Crippen LogP contribution in [0.4, 0.5) is 5.69 Å². The Labute approximate surface area is 104 Å². The largest absolute Gasteiger partial charge is 0.288 e. The summed E-state index contributed by atoms with van der Waals surface area (Å²) >= 11 is 10.7. The van der Waals surface area contributed by atoms with Gasteiger partial charge in [0, 0.05) is 24.6 Å². The Bertz CT molecular complexity index is 441. The summed E-state index contributed by atoms with van der Waals surface area (Å²) in [5.74, 6) is -2.41. The molecule has 0 unspecified atom stereocenters. The third-order valence-electron chi connectivity index (χ3n) is 1.76. The van der Waals surface area contributed by atoms with E-state index in [-0.39, 0.29) is 5.91 Å². The maximum atomic E-state index is 11.4. The highest BCUT2D eigenvalue weighted by atomic mass is 35.9. The number of hydrogen-bond acceptors (Lipinski definition) is 2. The van der Waals surface area contributed by atoms with Crippen LogP contribution in [0.2, 0.25) is 0 Å². The molecule has 0 saturated heterocycles. The van der Waals surface area contributed by atoms with Crippen molar-refractivity contribution in [3.05, 3.63) is 42.3 Å². The lowest BCUT2D eigenvalue weighted by atomic mass is 10.3. The van der Waals surface area contributed by atoms with Gasteiger partial charge in [-0.2, -0.15) is 0 Å². The molecule has 0 aliphatic heterocycles. The molecule has 3 nitrogen and oxygen atoms in total. The monoisotopic (exact) mass is 277 g/mol. The van der Waals surface area contributed by atoms with Crippen molar-refractivity contribution in [1.29, 1.82) is 0 Å². The summed E-state index contributed by atoms with van der Waals surface area (Å²) in [5, 5.41) is 0. The fourth-order valence-electron chi connectivity index (χ4n) is 1.11. The fourth-order valence-corrected chi connectivity index (χ4v) is 1.70. The summed E-state index contributed by atoms with van der Waals surface area (Å²) in [6.45, 7) is 1.39. The van der Waals surface area contributed by atoms with Gasteiger partial charge in [0.25, 0.3) is 5.85 Å². The number of halogens is 2.